The van der Waals surface area contributed by atoms with Gasteiger partial charge in [0.2, 0.25) is 5.91 Å². The molecule has 0 aromatic carbocycles. The lowest BCUT2D eigenvalue weighted by molar-refractivity contribution is -0.121. The van der Waals surface area contributed by atoms with E-state index in [9.17, 15) is 9.59 Å². The first-order chi connectivity index (χ1) is 8.88. The molecule has 1 atom stereocenters. The number of carbonyl (C=O) groups is 2. The quantitative estimate of drug-likeness (QED) is 0.644. The van der Waals surface area contributed by atoms with Crippen molar-refractivity contribution in [2.24, 2.45) is 0 Å². The third kappa shape index (κ3) is 3.83. The minimum Gasteiger partial charge on any atom is -0.356 e. The van der Waals surface area contributed by atoms with E-state index in [1.54, 1.807) is 6.92 Å². The van der Waals surface area contributed by atoms with E-state index < -0.39 is 5.38 Å². The van der Waals surface area contributed by atoms with Gasteiger partial charge in [-0.25, -0.2) is 0 Å². The van der Waals surface area contributed by atoms with E-state index in [0.717, 1.165) is 11.4 Å². The summed E-state index contributed by atoms with van der Waals surface area (Å²) in [6, 6.07) is 1.84. The minimum absolute atomic E-state index is 0.0218. The molecular formula is C14H21ClN2O2. The molecule has 1 aromatic heterocycles. The Hall–Kier alpha value is -1.29. The summed E-state index contributed by atoms with van der Waals surface area (Å²) in [5, 5.41) is 2.23. The average Bonchev–Trinajstić information content (AvgIpc) is 2.62. The maximum atomic E-state index is 11.9. The van der Waals surface area contributed by atoms with Crippen molar-refractivity contribution in [2.75, 3.05) is 6.54 Å². The summed E-state index contributed by atoms with van der Waals surface area (Å²) in [4.78, 5) is 23.4. The zero-order valence-corrected chi connectivity index (χ0v) is 12.7. The first-order valence-corrected chi connectivity index (χ1v) is 6.93. The van der Waals surface area contributed by atoms with E-state index in [1.807, 2.05) is 31.4 Å². The molecule has 0 bridgehead atoms. The zero-order chi connectivity index (χ0) is 14.6. The van der Waals surface area contributed by atoms with Crippen molar-refractivity contribution in [3.8, 4) is 0 Å². The molecule has 0 spiro atoms. The smallest absolute Gasteiger partial charge is 0.221 e. The molecule has 0 aliphatic carbocycles. The fourth-order valence-electron chi connectivity index (χ4n) is 2.11. The largest absolute Gasteiger partial charge is 0.356 e. The van der Waals surface area contributed by atoms with Crippen molar-refractivity contribution in [1.29, 1.82) is 0 Å². The molecular weight excluding hydrogens is 264 g/mol. The van der Waals surface area contributed by atoms with Crippen molar-refractivity contribution < 1.29 is 9.59 Å². The fourth-order valence-corrected chi connectivity index (χ4v) is 2.23. The normalized spacial score (nSPS) is 12.3. The molecule has 0 aliphatic heterocycles. The number of nitrogens with one attached hydrogen (secondary N) is 1. The molecule has 4 nitrogen and oxygen atoms in total. The Balaban J connectivity index is 2.86. The molecule has 0 radical (unpaired) electrons. The summed E-state index contributed by atoms with van der Waals surface area (Å²) < 4.78 is 1.99. The lowest BCUT2D eigenvalue weighted by Gasteiger charge is -2.10. The van der Waals surface area contributed by atoms with Crippen LogP contribution in [0.5, 0.6) is 0 Å². The van der Waals surface area contributed by atoms with Gasteiger partial charge in [0, 0.05) is 36.5 Å². The topological polar surface area (TPSA) is 51.1 Å². The summed E-state index contributed by atoms with van der Waals surface area (Å²) >= 11 is 5.84. The Morgan fingerprint density at radius 2 is 2.05 bits per heavy atom. The van der Waals surface area contributed by atoms with Crippen molar-refractivity contribution in [1.82, 2.24) is 9.88 Å². The molecule has 1 N–H and O–H groups in total. The molecule has 5 heteroatoms. The van der Waals surface area contributed by atoms with Crippen molar-refractivity contribution in [3.05, 3.63) is 23.0 Å². The van der Waals surface area contributed by atoms with Gasteiger partial charge < -0.3 is 9.88 Å². The van der Waals surface area contributed by atoms with E-state index in [2.05, 4.69) is 5.32 Å². The highest BCUT2D eigenvalue weighted by molar-refractivity contribution is 6.33. The van der Waals surface area contributed by atoms with E-state index in [1.165, 1.54) is 0 Å². The monoisotopic (exact) mass is 284 g/mol. The van der Waals surface area contributed by atoms with Crippen LogP contribution in [-0.2, 0) is 11.3 Å². The number of hydrogen-bond donors (Lipinski definition) is 1. The Labute approximate surface area is 119 Å². The molecule has 1 unspecified atom stereocenters. The maximum absolute atomic E-state index is 11.9. The summed E-state index contributed by atoms with van der Waals surface area (Å²) in [6.07, 6.45) is 0.411. The number of alkyl halides is 1. The number of Topliss-reactive ketones (excluding diaryl/α,β-unsaturated/α-hetero) is 1. The number of ketones is 1. The van der Waals surface area contributed by atoms with Gasteiger partial charge in [-0.2, -0.15) is 0 Å². The highest BCUT2D eigenvalue weighted by Crippen LogP contribution is 2.18. The molecule has 19 heavy (non-hydrogen) atoms. The van der Waals surface area contributed by atoms with Crippen LogP contribution in [0.15, 0.2) is 6.07 Å². The molecule has 106 valence electrons. The summed E-state index contributed by atoms with van der Waals surface area (Å²) in [5.74, 6) is -0.0485. The Kier molecular flexibility index (Phi) is 5.60. The molecule has 0 saturated heterocycles. The van der Waals surface area contributed by atoms with Crippen LogP contribution >= 0.6 is 11.6 Å². The Morgan fingerprint density at radius 1 is 1.42 bits per heavy atom. The Bertz CT molecular complexity index is 478. The van der Waals surface area contributed by atoms with Crippen LogP contribution in [0.1, 0.15) is 42.0 Å². The molecule has 1 amide bonds. The molecule has 1 aromatic rings. The summed E-state index contributed by atoms with van der Waals surface area (Å²) in [5.41, 5.74) is 2.50. The van der Waals surface area contributed by atoms with Gasteiger partial charge in [-0.3, -0.25) is 9.59 Å². The highest BCUT2D eigenvalue weighted by atomic mass is 35.5. The van der Waals surface area contributed by atoms with E-state index in [4.69, 9.17) is 11.6 Å². The van der Waals surface area contributed by atoms with Gasteiger partial charge in [-0.1, -0.05) is 0 Å². The van der Waals surface area contributed by atoms with Gasteiger partial charge in [0.25, 0.3) is 0 Å². The number of carbonyl (C=O) groups excluding carboxylic acids is 2. The lowest BCUT2D eigenvalue weighted by Crippen LogP contribution is -2.24. The highest BCUT2D eigenvalue weighted by Gasteiger charge is 2.19. The van der Waals surface area contributed by atoms with Crippen LogP contribution in [0.2, 0.25) is 0 Å². The van der Waals surface area contributed by atoms with Crippen LogP contribution < -0.4 is 5.32 Å². The second kappa shape index (κ2) is 6.75. The SMILES string of the molecule is CCNC(=O)CCn1c(C)cc(C(=O)C(C)Cl)c1C. The molecule has 1 rings (SSSR count). The van der Waals surface area contributed by atoms with Gasteiger partial charge in [0.1, 0.15) is 0 Å². The van der Waals surface area contributed by atoms with Crippen LogP contribution in [0, 0.1) is 13.8 Å². The van der Waals surface area contributed by atoms with E-state index in [0.29, 0.717) is 25.1 Å². The van der Waals surface area contributed by atoms with Crippen LogP contribution in [0.4, 0.5) is 0 Å². The van der Waals surface area contributed by atoms with Crippen LogP contribution in [0.25, 0.3) is 0 Å². The fraction of sp³-hybridized carbons (Fsp3) is 0.571. The molecule has 0 saturated carbocycles. The second-order valence-electron chi connectivity index (χ2n) is 4.62. The van der Waals surface area contributed by atoms with Gasteiger partial charge in [0.05, 0.1) is 5.38 Å². The number of aromatic nitrogens is 1. The molecule has 0 aliphatic rings. The number of rotatable bonds is 6. The van der Waals surface area contributed by atoms with Crippen molar-refractivity contribution >= 4 is 23.3 Å². The first-order valence-electron chi connectivity index (χ1n) is 6.50. The van der Waals surface area contributed by atoms with Gasteiger partial charge in [0.15, 0.2) is 5.78 Å². The summed E-state index contributed by atoms with van der Waals surface area (Å²) in [6.45, 7) is 8.59. The van der Waals surface area contributed by atoms with E-state index >= 15 is 0 Å². The maximum Gasteiger partial charge on any atom is 0.221 e. The van der Waals surface area contributed by atoms with Crippen molar-refractivity contribution in [2.45, 2.75) is 46.0 Å². The van der Waals surface area contributed by atoms with Gasteiger partial charge in [-0.05, 0) is 33.8 Å². The van der Waals surface area contributed by atoms with Gasteiger partial charge >= 0.3 is 0 Å². The van der Waals surface area contributed by atoms with Gasteiger partial charge in [-0.15, -0.1) is 11.6 Å². The standard InChI is InChI=1S/C14H21ClN2O2/c1-5-16-13(18)6-7-17-9(2)8-12(11(17)4)14(19)10(3)15/h8,10H,5-7H2,1-4H3,(H,16,18). The number of aryl methyl sites for hydroxylation is 1. The van der Waals surface area contributed by atoms with Crippen LogP contribution in [0.3, 0.4) is 0 Å². The third-order valence-corrected chi connectivity index (χ3v) is 3.34. The van der Waals surface area contributed by atoms with Crippen LogP contribution in [-0.4, -0.2) is 28.2 Å². The predicted molar refractivity (Wildman–Crippen MR) is 76.9 cm³/mol. The second-order valence-corrected chi connectivity index (χ2v) is 5.27. The number of nitrogens with zero attached hydrogens (tertiary/aromatic N) is 1. The average molecular weight is 285 g/mol. The molecule has 0 fully saturated rings. The first kappa shape index (κ1) is 15.8. The summed E-state index contributed by atoms with van der Waals surface area (Å²) in [7, 11) is 0. The van der Waals surface area contributed by atoms with Crippen molar-refractivity contribution in [3.63, 3.8) is 0 Å². The van der Waals surface area contributed by atoms with E-state index in [-0.39, 0.29) is 11.7 Å². The number of hydrogen-bond acceptors (Lipinski definition) is 2. The Morgan fingerprint density at radius 3 is 2.58 bits per heavy atom. The minimum atomic E-state index is -0.530. The number of amides is 1. The number of halogens is 1. The zero-order valence-electron chi connectivity index (χ0n) is 11.9. The third-order valence-electron chi connectivity index (χ3n) is 3.14. The molecule has 1 heterocycles. The predicted octanol–water partition coefficient (Wildman–Crippen LogP) is 2.44. The lowest BCUT2D eigenvalue weighted by atomic mass is 10.1.